The molecule has 1 aromatic heterocycles. The van der Waals surface area contributed by atoms with E-state index < -0.39 is 0 Å². The number of nitrogens with one attached hydrogen (secondary N) is 1. The topological polar surface area (TPSA) is 48.3 Å². The number of aromatic nitrogens is 2. The molecular weight excluding hydrogens is 290 g/mol. The van der Waals surface area contributed by atoms with Crippen molar-refractivity contribution in [2.24, 2.45) is 0 Å². The van der Waals surface area contributed by atoms with E-state index >= 15 is 0 Å². The Labute approximate surface area is 131 Å². The molecule has 2 heterocycles. The van der Waals surface area contributed by atoms with Crippen molar-refractivity contribution in [3.8, 4) is 0 Å². The number of aryl methyl sites for hydroxylation is 2. The minimum atomic E-state index is -0.134. The Hall–Kier alpha value is -0.620. The zero-order chi connectivity index (χ0) is 15.5. The standard InChI is InChI=1S/C15H26ClN3O2/c1-5-12-14(16)13(19(6-2)18-12)9-20-8-11-7-17-10-15(3,4)21-11/h11,17H,5-10H2,1-4H3. The highest BCUT2D eigenvalue weighted by atomic mass is 35.5. The van der Waals surface area contributed by atoms with E-state index in [4.69, 9.17) is 21.1 Å². The second-order valence-corrected chi connectivity index (χ2v) is 6.40. The van der Waals surface area contributed by atoms with Gasteiger partial charge in [0.2, 0.25) is 0 Å². The molecule has 1 saturated heterocycles. The number of rotatable bonds is 6. The number of nitrogens with zero attached hydrogens (tertiary/aromatic N) is 2. The van der Waals surface area contributed by atoms with E-state index in [1.165, 1.54) is 0 Å². The van der Waals surface area contributed by atoms with Crippen LogP contribution in [0.4, 0.5) is 0 Å². The minimum Gasteiger partial charge on any atom is -0.372 e. The van der Waals surface area contributed by atoms with Crippen molar-refractivity contribution >= 4 is 11.6 Å². The van der Waals surface area contributed by atoms with Gasteiger partial charge in [0.1, 0.15) is 0 Å². The van der Waals surface area contributed by atoms with Gasteiger partial charge in [-0.3, -0.25) is 4.68 Å². The molecule has 6 heteroatoms. The molecule has 1 unspecified atom stereocenters. The molecule has 0 saturated carbocycles. The van der Waals surface area contributed by atoms with Crippen molar-refractivity contribution < 1.29 is 9.47 Å². The van der Waals surface area contributed by atoms with E-state index in [0.717, 1.165) is 42.5 Å². The third kappa shape index (κ3) is 4.19. The zero-order valence-corrected chi connectivity index (χ0v) is 14.2. The molecule has 1 atom stereocenters. The molecule has 0 radical (unpaired) electrons. The molecule has 1 aliphatic rings. The lowest BCUT2D eigenvalue weighted by Gasteiger charge is -2.36. The van der Waals surface area contributed by atoms with Crippen molar-refractivity contribution in [2.75, 3.05) is 19.7 Å². The zero-order valence-electron chi connectivity index (χ0n) is 13.4. The average Bonchev–Trinajstić information content (AvgIpc) is 2.74. The number of hydrogen-bond donors (Lipinski definition) is 1. The lowest BCUT2D eigenvalue weighted by atomic mass is 10.1. The Kier molecular flexibility index (Phi) is 5.66. The molecule has 1 aromatic rings. The van der Waals surface area contributed by atoms with Crippen LogP contribution in [0.2, 0.25) is 5.02 Å². The molecule has 0 bridgehead atoms. The van der Waals surface area contributed by atoms with E-state index in [0.29, 0.717) is 13.2 Å². The molecule has 0 spiro atoms. The Morgan fingerprint density at radius 2 is 2.24 bits per heavy atom. The van der Waals surface area contributed by atoms with Crippen LogP contribution < -0.4 is 5.32 Å². The summed E-state index contributed by atoms with van der Waals surface area (Å²) in [6.45, 7) is 11.8. The summed E-state index contributed by atoms with van der Waals surface area (Å²) in [5.41, 5.74) is 1.76. The van der Waals surface area contributed by atoms with Gasteiger partial charge in [-0.2, -0.15) is 5.10 Å². The highest BCUT2D eigenvalue weighted by Crippen LogP contribution is 2.23. The van der Waals surface area contributed by atoms with Gasteiger partial charge >= 0.3 is 0 Å². The van der Waals surface area contributed by atoms with Crippen LogP contribution in [0.25, 0.3) is 0 Å². The molecule has 0 aliphatic carbocycles. The Morgan fingerprint density at radius 3 is 2.86 bits per heavy atom. The van der Waals surface area contributed by atoms with E-state index in [9.17, 15) is 0 Å². The minimum absolute atomic E-state index is 0.0798. The average molecular weight is 316 g/mol. The van der Waals surface area contributed by atoms with Gasteiger partial charge in [0.05, 0.1) is 41.3 Å². The molecule has 21 heavy (non-hydrogen) atoms. The monoisotopic (exact) mass is 315 g/mol. The van der Waals surface area contributed by atoms with Gasteiger partial charge < -0.3 is 14.8 Å². The van der Waals surface area contributed by atoms with Crippen molar-refractivity contribution in [2.45, 2.75) is 59.0 Å². The van der Waals surface area contributed by atoms with Crippen LogP contribution in [-0.4, -0.2) is 41.2 Å². The van der Waals surface area contributed by atoms with Crippen molar-refractivity contribution in [3.05, 3.63) is 16.4 Å². The predicted octanol–water partition coefficient (Wildman–Crippen LogP) is 2.40. The summed E-state index contributed by atoms with van der Waals surface area (Å²) in [6, 6.07) is 0. The third-order valence-electron chi connectivity index (χ3n) is 3.65. The number of morpholine rings is 1. The van der Waals surface area contributed by atoms with Crippen LogP contribution >= 0.6 is 11.6 Å². The maximum absolute atomic E-state index is 6.37. The van der Waals surface area contributed by atoms with Gasteiger partial charge in [-0.05, 0) is 27.2 Å². The van der Waals surface area contributed by atoms with E-state index in [1.807, 2.05) is 4.68 Å². The van der Waals surface area contributed by atoms with Crippen LogP contribution in [0, 0.1) is 0 Å². The highest BCUT2D eigenvalue weighted by molar-refractivity contribution is 6.31. The van der Waals surface area contributed by atoms with Gasteiger partial charge in [-0.1, -0.05) is 18.5 Å². The van der Waals surface area contributed by atoms with Gasteiger partial charge in [-0.25, -0.2) is 0 Å². The summed E-state index contributed by atoms with van der Waals surface area (Å²) in [5.74, 6) is 0. The Bertz CT molecular complexity index is 474. The third-order valence-corrected chi connectivity index (χ3v) is 4.08. The first-order valence-corrected chi connectivity index (χ1v) is 8.05. The Balaban J connectivity index is 1.90. The molecule has 0 amide bonds. The second kappa shape index (κ2) is 7.09. The van der Waals surface area contributed by atoms with Crippen LogP contribution in [0.15, 0.2) is 0 Å². The second-order valence-electron chi connectivity index (χ2n) is 6.02. The van der Waals surface area contributed by atoms with E-state index in [2.05, 4.69) is 38.1 Å². The van der Waals surface area contributed by atoms with Crippen molar-refractivity contribution in [1.82, 2.24) is 15.1 Å². The predicted molar refractivity (Wildman–Crippen MR) is 83.8 cm³/mol. The molecule has 0 aromatic carbocycles. The van der Waals surface area contributed by atoms with Crippen molar-refractivity contribution in [1.29, 1.82) is 0 Å². The molecule has 1 fully saturated rings. The smallest absolute Gasteiger partial charge is 0.0940 e. The lowest BCUT2D eigenvalue weighted by molar-refractivity contribution is -0.122. The SMILES string of the molecule is CCc1nn(CC)c(COCC2CNCC(C)(C)O2)c1Cl. The maximum atomic E-state index is 6.37. The number of hydrogen-bond acceptors (Lipinski definition) is 4. The fraction of sp³-hybridized carbons (Fsp3) is 0.800. The summed E-state index contributed by atoms with van der Waals surface area (Å²) < 4.78 is 13.7. The van der Waals surface area contributed by atoms with Crippen LogP contribution in [0.5, 0.6) is 0 Å². The first-order valence-electron chi connectivity index (χ1n) is 7.67. The quantitative estimate of drug-likeness (QED) is 0.876. The molecular formula is C15H26ClN3O2. The van der Waals surface area contributed by atoms with Gasteiger partial charge in [0.25, 0.3) is 0 Å². The summed E-state index contributed by atoms with van der Waals surface area (Å²) in [6.07, 6.45) is 0.916. The lowest BCUT2D eigenvalue weighted by Crippen LogP contribution is -2.51. The van der Waals surface area contributed by atoms with Gasteiger partial charge in [0.15, 0.2) is 0 Å². The summed E-state index contributed by atoms with van der Waals surface area (Å²) in [7, 11) is 0. The van der Waals surface area contributed by atoms with Gasteiger partial charge in [0, 0.05) is 19.6 Å². The van der Waals surface area contributed by atoms with Crippen LogP contribution in [0.1, 0.15) is 39.1 Å². The first-order chi connectivity index (χ1) is 9.96. The fourth-order valence-electron chi connectivity index (χ4n) is 2.60. The van der Waals surface area contributed by atoms with E-state index in [-0.39, 0.29) is 11.7 Å². The first kappa shape index (κ1) is 16.7. The maximum Gasteiger partial charge on any atom is 0.0940 e. The summed E-state index contributed by atoms with van der Waals surface area (Å²) in [4.78, 5) is 0. The number of ether oxygens (including phenoxy) is 2. The molecule has 5 nitrogen and oxygen atoms in total. The molecule has 2 rings (SSSR count). The largest absolute Gasteiger partial charge is 0.372 e. The molecule has 120 valence electrons. The fourth-order valence-corrected chi connectivity index (χ4v) is 2.93. The van der Waals surface area contributed by atoms with E-state index in [1.54, 1.807) is 0 Å². The van der Waals surface area contributed by atoms with Crippen LogP contribution in [-0.2, 0) is 29.0 Å². The van der Waals surface area contributed by atoms with Gasteiger partial charge in [-0.15, -0.1) is 0 Å². The molecule has 1 N–H and O–H groups in total. The van der Waals surface area contributed by atoms with Crippen molar-refractivity contribution in [3.63, 3.8) is 0 Å². The summed E-state index contributed by atoms with van der Waals surface area (Å²) >= 11 is 6.37. The highest BCUT2D eigenvalue weighted by Gasteiger charge is 2.28. The van der Waals surface area contributed by atoms with Crippen LogP contribution in [0.3, 0.4) is 0 Å². The molecule has 1 aliphatic heterocycles. The Morgan fingerprint density at radius 1 is 1.48 bits per heavy atom. The summed E-state index contributed by atoms with van der Waals surface area (Å²) in [5, 5.41) is 8.61. The number of halogens is 1. The normalized spacial score (nSPS) is 21.7.